The molecule has 1 aliphatic heterocycles. The van der Waals surface area contributed by atoms with E-state index in [0.29, 0.717) is 36.6 Å². The van der Waals surface area contributed by atoms with Crippen molar-refractivity contribution < 1.29 is 19.1 Å². The Balaban J connectivity index is 1.46. The van der Waals surface area contributed by atoms with Crippen molar-refractivity contribution in [2.24, 2.45) is 5.92 Å². The lowest BCUT2D eigenvalue weighted by Gasteiger charge is -2.25. The number of hydrogen-bond donors (Lipinski definition) is 2. The summed E-state index contributed by atoms with van der Waals surface area (Å²) in [5.41, 5.74) is 2.58. The summed E-state index contributed by atoms with van der Waals surface area (Å²) in [5, 5.41) is 5.81. The van der Waals surface area contributed by atoms with Crippen LogP contribution in [0.4, 0.5) is 11.4 Å². The van der Waals surface area contributed by atoms with E-state index in [1.807, 2.05) is 43.3 Å². The van der Waals surface area contributed by atoms with Crippen molar-refractivity contribution in [2.75, 3.05) is 23.8 Å². The molecule has 1 aliphatic rings. The van der Waals surface area contributed by atoms with Crippen LogP contribution in [0.2, 0.25) is 0 Å². The zero-order chi connectivity index (χ0) is 21.6. The van der Waals surface area contributed by atoms with Crippen LogP contribution in [0.3, 0.4) is 0 Å². The lowest BCUT2D eigenvalue weighted by molar-refractivity contribution is -0.121. The predicted molar refractivity (Wildman–Crippen MR) is 120 cm³/mol. The Morgan fingerprint density at radius 2 is 1.68 bits per heavy atom. The first-order chi connectivity index (χ1) is 15.1. The molecule has 31 heavy (non-hydrogen) atoms. The summed E-state index contributed by atoms with van der Waals surface area (Å²) in [6.07, 6.45) is 0.556. The van der Waals surface area contributed by atoms with Crippen LogP contribution < -0.4 is 20.1 Å². The van der Waals surface area contributed by atoms with E-state index < -0.39 is 0 Å². The van der Waals surface area contributed by atoms with Crippen LogP contribution in [-0.4, -0.2) is 25.0 Å². The minimum Gasteiger partial charge on any atom is -0.494 e. The fourth-order valence-corrected chi connectivity index (χ4v) is 3.52. The summed E-state index contributed by atoms with van der Waals surface area (Å²) in [5.74, 6) is 0.805. The van der Waals surface area contributed by atoms with Crippen LogP contribution in [0.1, 0.15) is 22.8 Å². The van der Waals surface area contributed by atoms with Crippen LogP contribution in [0.15, 0.2) is 72.8 Å². The fraction of sp³-hybridized carbons (Fsp3) is 0.200. The van der Waals surface area contributed by atoms with Gasteiger partial charge in [-0.15, -0.1) is 0 Å². The monoisotopic (exact) mass is 416 g/mol. The normalized spacial score (nSPS) is 14.7. The second-order valence-electron chi connectivity index (χ2n) is 7.27. The second kappa shape index (κ2) is 9.34. The molecule has 2 N–H and O–H groups in total. The molecule has 0 fully saturated rings. The molecular formula is C25H24N2O4. The van der Waals surface area contributed by atoms with Gasteiger partial charge in [-0.3, -0.25) is 9.59 Å². The maximum atomic E-state index is 13.0. The number of rotatable bonds is 6. The Kier molecular flexibility index (Phi) is 6.17. The highest BCUT2D eigenvalue weighted by Crippen LogP contribution is 2.32. The Labute approximate surface area is 181 Å². The van der Waals surface area contributed by atoms with Crippen LogP contribution in [0.5, 0.6) is 11.5 Å². The Morgan fingerprint density at radius 1 is 0.968 bits per heavy atom. The molecule has 0 saturated carbocycles. The van der Waals surface area contributed by atoms with Gasteiger partial charge in [-0.2, -0.15) is 0 Å². The highest BCUT2D eigenvalue weighted by Gasteiger charge is 2.27. The van der Waals surface area contributed by atoms with E-state index in [1.54, 1.807) is 36.4 Å². The first-order valence-electron chi connectivity index (χ1n) is 10.3. The number of para-hydroxylation sites is 2. The minimum absolute atomic E-state index is 0.158. The Bertz CT molecular complexity index is 1080. The summed E-state index contributed by atoms with van der Waals surface area (Å²) in [6, 6.07) is 21.8. The topological polar surface area (TPSA) is 76.7 Å². The van der Waals surface area contributed by atoms with E-state index in [4.69, 9.17) is 9.47 Å². The highest BCUT2D eigenvalue weighted by atomic mass is 16.5. The van der Waals surface area contributed by atoms with Gasteiger partial charge in [0, 0.05) is 5.56 Å². The number of carbonyl (C=O) groups excluding carboxylic acids is 2. The molecule has 1 atom stereocenters. The van der Waals surface area contributed by atoms with Gasteiger partial charge in [0.1, 0.15) is 18.1 Å². The lowest BCUT2D eigenvalue weighted by Crippen LogP contribution is -2.32. The molecule has 1 unspecified atom stereocenters. The fourth-order valence-electron chi connectivity index (χ4n) is 3.52. The molecule has 4 rings (SSSR count). The molecule has 0 spiro atoms. The zero-order valence-corrected chi connectivity index (χ0v) is 17.3. The molecule has 0 radical (unpaired) electrons. The first-order valence-corrected chi connectivity index (χ1v) is 10.3. The Morgan fingerprint density at radius 3 is 2.42 bits per heavy atom. The molecule has 3 aromatic carbocycles. The highest BCUT2D eigenvalue weighted by molar-refractivity contribution is 6.07. The molecule has 6 heteroatoms. The lowest BCUT2D eigenvalue weighted by atomic mass is 9.95. The number of carbonyl (C=O) groups is 2. The number of benzene rings is 3. The van der Waals surface area contributed by atoms with Crippen molar-refractivity contribution >= 4 is 23.2 Å². The number of hydrogen-bond acceptors (Lipinski definition) is 4. The van der Waals surface area contributed by atoms with E-state index >= 15 is 0 Å². The maximum Gasteiger partial charge on any atom is 0.255 e. The van der Waals surface area contributed by atoms with Gasteiger partial charge >= 0.3 is 0 Å². The summed E-state index contributed by atoms with van der Waals surface area (Å²) < 4.78 is 11.4. The third kappa shape index (κ3) is 4.86. The van der Waals surface area contributed by atoms with E-state index in [-0.39, 0.29) is 17.7 Å². The van der Waals surface area contributed by atoms with E-state index in [9.17, 15) is 9.59 Å². The van der Waals surface area contributed by atoms with Crippen molar-refractivity contribution in [3.8, 4) is 11.5 Å². The first kappa shape index (κ1) is 20.5. The van der Waals surface area contributed by atoms with Gasteiger partial charge in [0.15, 0.2) is 0 Å². The molecular weight excluding hydrogens is 392 g/mol. The molecule has 1 heterocycles. The summed E-state index contributed by atoms with van der Waals surface area (Å²) >= 11 is 0. The van der Waals surface area contributed by atoms with E-state index in [2.05, 4.69) is 10.6 Å². The predicted octanol–water partition coefficient (Wildman–Crippen LogP) is 4.53. The molecule has 6 nitrogen and oxygen atoms in total. The van der Waals surface area contributed by atoms with Gasteiger partial charge in [0.05, 0.1) is 23.9 Å². The number of nitrogens with one attached hydrogen (secondary N) is 2. The van der Waals surface area contributed by atoms with Gasteiger partial charge in [-0.05, 0) is 61.4 Å². The largest absolute Gasteiger partial charge is 0.494 e. The van der Waals surface area contributed by atoms with Crippen molar-refractivity contribution in [1.29, 1.82) is 0 Å². The molecule has 0 aromatic heterocycles. The van der Waals surface area contributed by atoms with Gasteiger partial charge < -0.3 is 20.1 Å². The standard InChI is InChI=1S/C25H24N2O4/c1-2-30-20-12-13-23-18(15-20)14-19(16-31-23)25(29)27-22-11-7-6-10-21(22)26-24(28)17-8-4-3-5-9-17/h3-13,15,19H,2,14,16H2,1H3,(H,26,28)(H,27,29). The number of anilines is 2. The molecule has 2 amide bonds. The van der Waals surface area contributed by atoms with Gasteiger partial charge in [0.2, 0.25) is 5.91 Å². The SMILES string of the molecule is CCOc1ccc2c(c1)CC(C(=O)Nc1ccccc1NC(=O)c1ccccc1)CO2. The molecule has 158 valence electrons. The second-order valence-corrected chi connectivity index (χ2v) is 7.27. The van der Waals surface area contributed by atoms with Crippen LogP contribution in [0.25, 0.3) is 0 Å². The average molecular weight is 416 g/mol. The van der Waals surface area contributed by atoms with Crippen molar-refractivity contribution in [1.82, 2.24) is 0 Å². The number of fused-ring (bicyclic) bond motifs is 1. The van der Waals surface area contributed by atoms with Crippen LogP contribution >= 0.6 is 0 Å². The molecule has 0 bridgehead atoms. The van der Waals surface area contributed by atoms with Crippen LogP contribution in [0, 0.1) is 5.92 Å². The van der Waals surface area contributed by atoms with Gasteiger partial charge in [0.25, 0.3) is 5.91 Å². The summed E-state index contributed by atoms with van der Waals surface area (Å²) in [6.45, 7) is 2.81. The third-order valence-corrected chi connectivity index (χ3v) is 5.09. The zero-order valence-electron chi connectivity index (χ0n) is 17.3. The van der Waals surface area contributed by atoms with E-state index in [1.165, 1.54) is 0 Å². The van der Waals surface area contributed by atoms with Crippen LogP contribution in [-0.2, 0) is 11.2 Å². The minimum atomic E-state index is -0.345. The molecule has 3 aromatic rings. The quantitative estimate of drug-likeness (QED) is 0.619. The Hall–Kier alpha value is -3.80. The summed E-state index contributed by atoms with van der Waals surface area (Å²) in [7, 11) is 0. The van der Waals surface area contributed by atoms with Crippen molar-refractivity contribution in [3.05, 3.63) is 83.9 Å². The smallest absolute Gasteiger partial charge is 0.255 e. The van der Waals surface area contributed by atoms with E-state index in [0.717, 1.165) is 17.1 Å². The molecule has 0 saturated heterocycles. The maximum absolute atomic E-state index is 13.0. The van der Waals surface area contributed by atoms with Gasteiger partial charge in [-0.25, -0.2) is 0 Å². The van der Waals surface area contributed by atoms with Crippen molar-refractivity contribution in [2.45, 2.75) is 13.3 Å². The average Bonchev–Trinajstić information content (AvgIpc) is 2.80. The summed E-state index contributed by atoms with van der Waals surface area (Å²) in [4.78, 5) is 25.5. The molecule has 0 aliphatic carbocycles. The van der Waals surface area contributed by atoms with Gasteiger partial charge in [-0.1, -0.05) is 30.3 Å². The number of amides is 2. The van der Waals surface area contributed by atoms with Crippen molar-refractivity contribution in [3.63, 3.8) is 0 Å². The number of ether oxygens (including phenoxy) is 2. The third-order valence-electron chi connectivity index (χ3n) is 5.09.